The second kappa shape index (κ2) is 11.3. The molecule has 3 rings (SSSR count). The van der Waals surface area contributed by atoms with Crippen molar-refractivity contribution in [2.75, 3.05) is 13.7 Å². The normalized spacial score (nSPS) is 12.2. The predicted molar refractivity (Wildman–Crippen MR) is 120 cm³/mol. The highest BCUT2D eigenvalue weighted by atomic mass is 19.4. The summed E-state index contributed by atoms with van der Waals surface area (Å²) >= 11 is 0. The molecule has 0 radical (unpaired) electrons. The van der Waals surface area contributed by atoms with Gasteiger partial charge in [0.15, 0.2) is 6.61 Å². The third-order valence-corrected chi connectivity index (χ3v) is 5.06. The van der Waals surface area contributed by atoms with Crippen molar-refractivity contribution in [3.8, 4) is 17.4 Å². The molecule has 1 amide bonds. The summed E-state index contributed by atoms with van der Waals surface area (Å²) < 4.78 is 80.7. The van der Waals surface area contributed by atoms with Crippen LogP contribution in [0.2, 0.25) is 0 Å². The van der Waals surface area contributed by atoms with E-state index in [1.54, 1.807) is 19.1 Å². The number of carbonyl (C=O) groups excluding carboxylic acids is 2. The summed E-state index contributed by atoms with van der Waals surface area (Å²) in [6.07, 6.45) is -7.69. The van der Waals surface area contributed by atoms with Crippen LogP contribution in [0.5, 0.6) is 17.4 Å². The third kappa shape index (κ3) is 6.96. The van der Waals surface area contributed by atoms with Gasteiger partial charge in [0.1, 0.15) is 22.8 Å². The number of amides is 1. The number of nitrogens with one attached hydrogen (secondary N) is 1. The first-order valence-electron chi connectivity index (χ1n) is 10.7. The SMILES string of the molecule is COC(=O)c1ccc(C(C)NC(=O)c2c(C(F)F)nn(C)c2Oc2cccc(OCC(F)(F)F)c2)cc1. The third-order valence-electron chi connectivity index (χ3n) is 5.06. The van der Waals surface area contributed by atoms with Crippen LogP contribution in [-0.4, -0.2) is 41.5 Å². The molecule has 0 saturated heterocycles. The van der Waals surface area contributed by atoms with Gasteiger partial charge in [0.2, 0.25) is 5.88 Å². The molecule has 0 aliphatic heterocycles. The molecule has 1 N–H and O–H groups in total. The fraction of sp³-hybridized carbons (Fsp3) is 0.292. The van der Waals surface area contributed by atoms with Crippen LogP contribution in [-0.2, 0) is 11.8 Å². The van der Waals surface area contributed by atoms with Crippen molar-refractivity contribution < 1.29 is 45.8 Å². The van der Waals surface area contributed by atoms with Crippen molar-refractivity contribution in [1.29, 1.82) is 0 Å². The van der Waals surface area contributed by atoms with Crippen LogP contribution in [0.25, 0.3) is 0 Å². The molecule has 198 valence electrons. The minimum absolute atomic E-state index is 0.0658. The zero-order valence-electron chi connectivity index (χ0n) is 19.8. The number of methoxy groups -OCH3 is 1. The molecule has 0 aliphatic rings. The highest BCUT2D eigenvalue weighted by Crippen LogP contribution is 2.34. The average molecular weight is 527 g/mol. The molecule has 1 atom stereocenters. The molecule has 0 spiro atoms. The fourth-order valence-electron chi connectivity index (χ4n) is 3.29. The largest absolute Gasteiger partial charge is 0.484 e. The summed E-state index contributed by atoms with van der Waals surface area (Å²) in [6.45, 7) is 0.0648. The van der Waals surface area contributed by atoms with Crippen LogP contribution in [0, 0.1) is 0 Å². The highest BCUT2D eigenvalue weighted by molar-refractivity contribution is 5.98. The Kier molecular flexibility index (Phi) is 8.35. The number of alkyl halides is 5. The van der Waals surface area contributed by atoms with E-state index in [1.807, 2.05) is 0 Å². The number of carbonyl (C=O) groups is 2. The number of esters is 1. The lowest BCUT2D eigenvalue weighted by Gasteiger charge is -2.16. The maximum atomic E-state index is 13.7. The summed E-state index contributed by atoms with van der Waals surface area (Å²) in [6, 6.07) is 10.5. The van der Waals surface area contributed by atoms with Crippen molar-refractivity contribution in [3.05, 3.63) is 70.9 Å². The fourth-order valence-corrected chi connectivity index (χ4v) is 3.29. The van der Waals surface area contributed by atoms with Gasteiger partial charge in [-0.1, -0.05) is 18.2 Å². The summed E-state index contributed by atoms with van der Waals surface area (Å²) in [5.74, 6) is -2.07. The molecular formula is C24H22F5N3O5. The van der Waals surface area contributed by atoms with Crippen molar-refractivity contribution >= 4 is 11.9 Å². The molecule has 1 aromatic heterocycles. The van der Waals surface area contributed by atoms with Gasteiger partial charge in [-0.05, 0) is 36.8 Å². The van der Waals surface area contributed by atoms with Crippen molar-refractivity contribution in [1.82, 2.24) is 15.1 Å². The van der Waals surface area contributed by atoms with E-state index < -0.39 is 48.4 Å². The zero-order chi connectivity index (χ0) is 27.3. The van der Waals surface area contributed by atoms with Crippen LogP contribution < -0.4 is 14.8 Å². The molecule has 37 heavy (non-hydrogen) atoms. The van der Waals surface area contributed by atoms with E-state index in [2.05, 4.69) is 19.9 Å². The maximum Gasteiger partial charge on any atom is 0.422 e. The van der Waals surface area contributed by atoms with Crippen molar-refractivity contribution in [2.45, 2.75) is 25.6 Å². The average Bonchev–Trinajstić information content (AvgIpc) is 3.18. The molecule has 3 aromatic rings. The summed E-state index contributed by atoms with van der Waals surface area (Å²) in [5.41, 5.74) is -0.528. The lowest BCUT2D eigenvalue weighted by Crippen LogP contribution is -2.27. The van der Waals surface area contributed by atoms with Gasteiger partial charge in [-0.3, -0.25) is 4.79 Å². The van der Waals surface area contributed by atoms with Gasteiger partial charge in [0.25, 0.3) is 12.3 Å². The Morgan fingerprint density at radius 1 is 1.08 bits per heavy atom. The molecule has 0 bridgehead atoms. The van der Waals surface area contributed by atoms with Gasteiger partial charge in [-0.25, -0.2) is 18.3 Å². The van der Waals surface area contributed by atoms with Crippen LogP contribution in [0.15, 0.2) is 48.5 Å². The summed E-state index contributed by atoms with van der Waals surface area (Å²) in [7, 11) is 2.51. The van der Waals surface area contributed by atoms with E-state index >= 15 is 0 Å². The molecule has 0 saturated carbocycles. The first-order valence-corrected chi connectivity index (χ1v) is 10.7. The van der Waals surface area contributed by atoms with E-state index in [4.69, 9.17) is 4.74 Å². The number of hydrogen-bond acceptors (Lipinski definition) is 6. The number of ether oxygens (including phenoxy) is 3. The van der Waals surface area contributed by atoms with Gasteiger partial charge in [-0.15, -0.1) is 0 Å². The Balaban J connectivity index is 1.85. The first kappa shape index (κ1) is 27.4. The number of hydrogen-bond donors (Lipinski definition) is 1. The number of rotatable bonds is 9. The Morgan fingerprint density at radius 3 is 2.32 bits per heavy atom. The molecular weight excluding hydrogens is 505 g/mol. The number of nitrogens with zero attached hydrogens (tertiary/aromatic N) is 2. The van der Waals surface area contributed by atoms with Crippen LogP contribution in [0.3, 0.4) is 0 Å². The van der Waals surface area contributed by atoms with Crippen LogP contribution >= 0.6 is 0 Å². The lowest BCUT2D eigenvalue weighted by molar-refractivity contribution is -0.153. The maximum absolute atomic E-state index is 13.7. The topological polar surface area (TPSA) is 91.7 Å². The molecule has 0 fully saturated rings. The number of aromatic nitrogens is 2. The second-order valence-electron chi connectivity index (χ2n) is 7.78. The van der Waals surface area contributed by atoms with E-state index in [0.29, 0.717) is 5.56 Å². The standard InChI is InChI=1S/C24H22F5N3O5/c1-13(14-7-9-15(10-8-14)23(34)35-3)30-21(33)18-19(20(25)26)31-32(2)22(18)37-17-6-4-5-16(11-17)36-12-24(27,28)29/h4-11,13,20H,12H2,1-3H3,(H,30,33). The molecule has 1 heterocycles. The Bertz CT molecular complexity index is 1260. The van der Waals surface area contributed by atoms with Gasteiger partial charge < -0.3 is 19.5 Å². The second-order valence-corrected chi connectivity index (χ2v) is 7.78. The minimum atomic E-state index is -4.56. The monoisotopic (exact) mass is 527 g/mol. The van der Waals surface area contributed by atoms with Crippen molar-refractivity contribution in [3.63, 3.8) is 0 Å². The molecule has 8 nitrogen and oxygen atoms in total. The van der Waals surface area contributed by atoms with Crippen LogP contribution in [0.4, 0.5) is 22.0 Å². The molecule has 13 heteroatoms. The minimum Gasteiger partial charge on any atom is -0.484 e. The van der Waals surface area contributed by atoms with Crippen molar-refractivity contribution in [2.24, 2.45) is 7.05 Å². The Labute approximate surface area is 207 Å². The highest BCUT2D eigenvalue weighted by Gasteiger charge is 2.31. The zero-order valence-corrected chi connectivity index (χ0v) is 19.8. The van der Waals surface area contributed by atoms with E-state index in [1.165, 1.54) is 44.5 Å². The molecule has 1 unspecified atom stereocenters. The van der Waals surface area contributed by atoms with Gasteiger partial charge in [0.05, 0.1) is 18.7 Å². The summed E-state index contributed by atoms with van der Waals surface area (Å²) in [5, 5.41) is 6.28. The van der Waals surface area contributed by atoms with E-state index in [9.17, 15) is 31.5 Å². The number of aryl methyl sites for hydroxylation is 1. The quantitative estimate of drug-likeness (QED) is 0.297. The smallest absolute Gasteiger partial charge is 0.422 e. The molecule has 0 aliphatic carbocycles. The number of halogens is 5. The Morgan fingerprint density at radius 2 is 1.73 bits per heavy atom. The van der Waals surface area contributed by atoms with Gasteiger partial charge in [0, 0.05) is 13.1 Å². The van der Waals surface area contributed by atoms with Gasteiger partial charge in [-0.2, -0.15) is 18.3 Å². The predicted octanol–water partition coefficient (Wildman–Crippen LogP) is 5.37. The first-order chi connectivity index (χ1) is 17.4. The van der Waals surface area contributed by atoms with E-state index in [-0.39, 0.29) is 22.9 Å². The van der Waals surface area contributed by atoms with Crippen LogP contribution in [0.1, 0.15) is 51.4 Å². The number of benzene rings is 2. The van der Waals surface area contributed by atoms with E-state index in [0.717, 1.165) is 10.7 Å². The summed E-state index contributed by atoms with van der Waals surface area (Å²) in [4.78, 5) is 24.7. The lowest BCUT2D eigenvalue weighted by atomic mass is 10.1. The molecule has 2 aromatic carbocycles. The van der Waals surface area contributed by atoms with Gasteiger partial charge >= 0.3 is 12.1 Å². The Hall–Kier alpha value is -4.16.